The Kier molecular flexibility index (Phi) is 3.55. The molecule has 4 rings (SSSR count). The van der Waals surface area contributed by atoms with E-state index in [1.807, 2.05) is 6.08 Å². The molecular formula is C21H30O3. The van der Waals surface area contributed by atoms with Crippen LogP contribution in [0.25, 0.3) is 0 Å². The van der Waals surface area contributed by atoms with Crippen molar-refractivity contribution in [2.75, 3.05) is 0 Å². The molecule has 0 unspecified atom stereocenters. The van der Waals surface area contributed by atoms with Gasteiger partial charge < -0.3 is 10.2 Å². The van der Waals surface area contributed by atoms with Crippen LogP contribution in [0.1, 0.15) is 59.3 Å². The molecule has 24 heavy (non-hydrogen) atoms. The molecule has 132 valence electrons. The molecule has 0 spiro atoms. The normalized spacial score (nSPS) is 52.5. The topological polar surface area (TPSA) is 57.5 Å². The second-order valence-electron chi connectivity index (χ2n) is 9.36. The molecule has 0 aromatic heterocycles. The van der Waals surface area contributed by atoms with Gasteiger partial charge >= 0.3 is 0 Å². The fraction of sp³-hybridized carbons (Fsp3) is 0.762. The maximum absolute atomic E-state index is 12.3. The highest BCUT2D eigenvalue weighted by atomic mass is 16.3. The Morgan fingerprint density at radius 1 is 1.21 bits per heavy atom. The molecule has 0 aromatic carbocycles. The highest BCUT2D eigenvalue weighted by Gasteiger charge is 2.60. The minimum Gasteiger partial charge on any atom is -0.515 e. The Labute approximate surface area is 144 Å². The van der Waals surface area contributed by atoms with Crippen molar-refractivity contribution >= 4 is 5.78 Å². The van der Waals surface area contributed by atoms with E-state index in [9.17, 15) is 15.0 Å². The van der Waals surface area contributed by atoms with Crippen molar-refractivity contribution in [3.63, 3.8) is 0 Å². The van der Waals surface area contributed by atoms with Gasteiger partial charge in [0.15, 0.2) is 5.78 Å². The van der Waals surface area contributed by atoms with Crippen LogP contribution in [0.2, 0.25) is 0 Å². The maximum atomic E-state index is 12.3. The van der Waals surface area contributed by atoms with Gasteiger partial charge in [-0.25, -0.2) is 0 Å². The first kappa shape index (κ1) is 16.4. The first-order valence-corrected chi connectivity index (χ1v) is 9.59. The lowest BCUT2D eigenvalue weighted by Crippen LogP contribution is -2.53. The molecule has 7 atom stereocenters. The molecule has 3 heteroatoms. The number of aliphatic hydroxyl groups is 2. The molecule has 0 amide bonds. The Balaban J connectivity index is 1.76. The van der Waals surface area contributed by atoms with Gasteiger partial charge in [0.25, 0.3) is 0 Å². The summed E-state index contributed by atoms with van der Waals surface area (Å²) in [7, 11) is 0. The summed E-state index contributed by atoms with van der Waals surface area (Å²) in [5, 5.41) is 20.1. The second kappa shape index (κ2) is 5.20. The lowest BCUT2D eigenvalue weighted by atomic mass is 9.45. The summed E-state index contributed by atoms with van der Waals surface area (Å²) in [6.45, 7) is 6.88. The third kappa shape index (κ3) is 1.97. The van der Waals surface area contributed by atoms with Crippen LogP contribution in [0.3, 0.4) is 0 Å². The van der Waals surface area contributed by atoms with Crippen molar-refractivity contribution in [2.24, 2.45) is 34.5 Å². The molecule has 3 nitrogen and oxygen atoms in total. The molecule has 0 bridgehead atoms. The molecule has 4 aliphatic carbocycles. The fourth-order valence-electron chi connectivity index (χ4n) is 7.06. The lowest BCUT2D eigenvalue weighted by Gasteiger charge is -2.59. The summed E-state index contributed by atoms with van der Waals surface area (Å²) in [6.07, 6.45) is 8.82. The molecule has 4 aliphatic rings. The van der Waals surface area contributed by atoms with Crippen molar-refractivity contribution in [3.05, 3.63) is 23.5 Å². The zero-order valence-corrected chi connectivity index (χ0v) is 15.1. The Morgan fingerprint density at radius 2 is 1.96 bits per heavy atom. The van der Waals surface area contributed by atoms with Crippen LogP contribution in [0.15, 0.2) is 23.5 Å². The number of carbonyl (C=O) groups is 1. The van der Waals surface area contributed by atoms with Crippen LogP contribution >= 0.6 is 0 Å². The fourth-order valence-corrected chi connectivity index (χ4v) is 7.06. The number of hydrogen-bond donors (Lipinski definition) is 2. The predicted octanol–water partition coefficient (Wildman–Crippen LogP) is 4.18. The highest BCUT2D eigenvalue weighted by Crippen LogP contribution is 2.66. The summed E-state index contributed by atoms with van der Waals surface area (Å²) in [6, 6.07) is 0. The van der Waals surface area contributed by atoms with Crippen LogP contribution < -0.4 is 0 Å². The van der Waals surface area contributed by atoms with E-state index >= 15 is 0 Å². The van der Waals surface area contributed by atoms with Gasteiger partial charge in [0.2, 0.25) is 0 Å². The molecule has 2 N–H and O–H groups in total. The van der Waals surface area contributed by atoms with E-state index < -0.39 is 0 Å². The Hall–Kier alpha value is -1.09. The van der Waals surface area contributed by atoms with E-state index in [1.165, 1.54) is 5.57 Å². The highest BCUT2D eigenvalue weighted by molar-refractivity contribution is 6.05. The SMILES string of the molecule is C[C@H]1C[C@H]2[C@@H]3CC[C@H](O)[C@@]3(C)CC[C@@H]2[C@@]2(C)CC(=CO)C(=O)C=C12. The monoisotopic (exact) mass is 330 g/mol. The van der Waals surface area contributed by atoms with Crippen molar-refractivity contribution in [3.8, 4) is 0 Å². The number of aliphatic hydroxyl groups excluding tert-OH is 2. The van der Waals surface area contributed by atoms with Gasteiger partial charge in [-0.3, -0.25) is 4.79 Å². The summed E-state index contributed by atoms with van der Waals surface area (Å²) in [5.74, 6) is 2.21. The number of allylic oxidation sites excluding steroid dienone is 2. The van der Waals surface area contributed by atoms with Gasteiger partial charge in [-0.05, 0) is 79.1 Å². The van der Waals surface area contributed by atoms with Crippen LogP contribution in [-0.4, -0.2) is 22.1 Å². The van der Waals surface area contributed by atoms with E-state index in [2.05, 4.69) is 20.8 Å². The van der Waals surface area contributed by atoms with Crippen LogP contribution in [0.4, 0.5) is 0 Å². The van der Waals surface area contributed by atoms with Crippen molar-refractivity contribution < 1.29 is 15.0 Å². The van der Waals surface area contributed by atoms with Crippen LogP contribution in [-0.2, 0) is 4.79 Å². The minimum absolute atomic E-state index is 0.00721. The summed E-state index contributed by atoms with van der Waals surface area (Å²) >= 11 is 0. The van der Waals surface area contributed by atoms with Gasteiger partial charge in [0.1, 0.15) is 0 Å². The predicted molar refractivity (Wildman–Crippen MR) is 93.4 cm³/mol. The molecule has 0 radical (unpaired) electrons. The number of hydrogen-bond acceptors (Lipinski definition) is 3. The number of carbonyl (C=O) groups excluding carboxylic acids is 1. The first-order valence-electron chi connectivity index (χ1n) is 9.59. The van der Waals surface area contributed by atoms with Gasteiger partial charge in [0.05, 0.1) is 12.4 Å². The third-order valence-corrected chi connectivity index (χ3v) is 8.34. The van der Waals surface area contributed by atoms with E-state index in [0.717, 1.165) is 38.4 Å². The standard InChI is InChI=1S/C21H30O3/c1-12-8-14-15-4-5-19(24)20(15,2)7-6-16(14)21(3)10-13(11-22)18(23)9-17(12)21/h9,11-12,14-16,19,22,24H,4-8,10H2,1-3H3/t12-,14-,15-,16-,19-,20-,21+/m0/s1. The average Bonchev–Trinajstić information content (AvgIpc) is 2.84. The van der Waals surface area contributed by atoms with E-state index in [-0.39, 0.29) is 22.7 Å². The Morgan fingerprint density at radius 3 is 2.67 bits per heavy atom. The summed E-state index contributed by atoms with van der Waals surface area (Å²) < 4.78 is 0. The summed E-state index contributed by atoms with van der Waals surface area (Å²) in [5.41, 5.74) is 1.94. The van der Waals surface area contributed by atoms with Crippen molar-refractivity contribution in [2.45, 2.75) is 65.4 Å². The molecule has 3 fully saturated rings. The molecule has 3 saturated carbocycles. The number of fused-ring (bicyclic) bond motifs is 5. The van der Waals surface area contributed by atoms with Gasteiger partial charge in [-0.15, -0.1) is 0 Å². The quantitative estimate of drug-likeness (QED) is 0.517. The molecule has 0 aliphatic heterocycles. The van der Waals surface area contributed by atoms with Crippen LogP contribution in [0.5, 0.6) is 0 Å². The largest absolute Gasteiger partial charge is 0.515 e. The summed E-state index contributed by atoms with van der Waals surface area (Å²) in [4.78, 5) is 12.3. The average molecular weight is 330 g/mol. The van der Waals surface area contributed by atoms with Gasteiger partial charge in [-0.1, -0.05) is 26.3 Å². The molecule has 0 aromatic rings. The molecule has 0 heterocycles. The minimum atomic E-state index is -0.149. The zero-order valence-electron chi connectivity index (χ0n) is 15.1. The second-order valence-corrected chi connectivity index (χ2v) is 9.36. The number of ketones is 1. The van der Waals surface area contributed by atoms with E-state index in [4.69, 9.17) is 0 Å². The smallest absolute Gasteiger partial charge is 0.184 e. The van der Waals surface area contributed by atoms with E-state index in [1.54, 1.807) is 0 Å². The van der Waals surface area contributed by atoms with Crippen molar-refractivity contribution in [1.29, 1.82) is 0 Å². The molecular weight excluding hydrogens is 300 g/mol. The van der Waals surface area contributed by atoms with Crippen molar-refractivity contribution in [1.82, 2.24) is 0 Å². The lowest BCUT2D eigenvalue weighted by molar-refractivity contribution is -0.114. The van der Waals surface area contributed by atoms with E-state index in [0.29, 0.717) is 35.7 Å². The van der Waals surface area contributed by atoms with Gasteiger partial charge in [0, 0.05) is 5.57 Å². The van der Waals surface area contributed by atoms with Gasteiger partial charge in [-0.2, -0.15) is 0 Å². The first-order chi connectivity index (χ1) is 11.3. The molecule has 0 saturated heterocycles. The number of rotatable bonds is 0. The maximum Gasteiger partial charge on any atom is 0.184 e. The zero-order chi connectivity index (χ0) is 17.3. The Bertz CT molecular complexity index is 633. The van der Waals surface area contributed by atoms with Crippen LogP contribution in [0, 0.1) is 34.5 Å². The third-order valence-electron chi connectivity index (χ3n) is 8.34.